The minimum atomic E-state index is -1.09. The van der Waals surface area contributed by atoms with Crippen molar-refractivity contribution in [2.24, 2.45) is 0 Å². The van der Waals surface area contributed by atoms with Crippen molar-refractivity contribution in [2.75, 3.05) is 0 Å². The SMILES string of the molecule is O=C(O)c1cn(-c2cc(Cl)ncn2)cn1. The van der Waals surface area contributed by atoms with Gasteiger partial charge in [-0.2, -0.15) is 0 Å². The average molecular weight is 225 g/mol. The van der Waals surface area contributed by atoms with E-state index in [0.29, 0.717) is 5.82 Å². The maximum Gasteiger partial charge on any atom is 0.356 e. The summed E-state index contributed by atoms with van der Waals surface area (Å²) in [6, 6.07) is 1.51. The van der Waals surface area contributed by atoms with E-state index in [9.17, 15) is 4.79 Å². The van der Waals surface area contributed by atoms with Gasteiger partial charge in [-0.1, -0.05) is 11.6 Å². The Morgan fingerprint density at radius 1 is 1.40 bits per heavy atom. The third-order valence-electron chi connectivity index (χ3n) is 1.69. The van der Waals surface area contributed by atoms with Crippen LogP contribution in [0, 0.1) is 0 Å². The molecule has 0 bridgehead atoms. The fourth-order valence-corrected chi connectivity index (χ4v) is 1.17. The number of hydrogen-bond donors (Lipinski definition) is 1. The van der Waals surface area contributed by atoms with Gasteiger partial charge in [-0.05, 0) is 0 Å². The van der Waals surface area contributed by atoms with E-state index in [1.54, 1.807) is 0 Å². The molecule has 0 spiro atoms. The van der Waals surface area contributed by atoms with Crippen LogP contribution in [0.25, 0.3) is 5.82 Å². The van der Waals surface area contributed by atoms with E-state index in [1.165, 1.54) is 29.5 Å². The first-order valence-corrected chi connectivity index (χ1v) is 4.30. The second-order valence-corrected chi connectivity index (χ2v) is 3.06. The van der Waals surface area contributed by atoms with E-state index >= 15 is 0 Å². The molecular formula is C8H5ClN4O2. The van der Waals surface area contributed by atoms with Crippen molar-refractivity contribution in [2.45, 2.75) is 0 Å². The average Bonchev–Trinajstić information content (AvgIpc) is 2.66. The van der Waals surface area contributed by atoms with Gasteiger partial charge in [-0.25, -0.2) is 19.7 Å². The van der Waals surface area contributed by atoms with Crippen molar-refractivity contribution in [1.82, 2.24) is 19.5 Å². The number of halogens is 1. The molecule has 0 saturated heterocycles. The number of hydrogen-bond acceptors (Lipinski definition) is 4. The maximum absolute atomic E-state index is 10.6. The zero-order valence-corrected chi connectivity index (χ0v) is 8.09. The predicted molar refractivity (Wildman–Crippen MR) is 51.1 cm³/mol. The molecule has 2 aromatic rings. The van der Waals surface area contributed by atoms with Gasteiger partial charge in [-0.3, -0.25) is 4.57 Å². The Hall–Kier alpha value is -1.95. The fourth-order valence-electron chi connectivity index (χ4n) is 1.02. The molecule has 2 heterocycles. The standard InChI is InChI=1S/C8H5ClN4O2/c9-6-1-7(11-3-10-6)13-2-5(8(14)15)12-4-13/h1-4H,(H,14,15). The lowest BCUT2D eigenvalue weighted by Crippen LogP contribution is -1.97. The second kappa shape index (κ2) is 3.66. The number of carboxylic acids is 1. The monoisotopic (exact) mass is 224 g/mol. The van der Waals surface area contributed by atoms with E-state index in [0.717, 1.165) is 0 Å². The number of carboxylic acid groups (broad SMARTS) is 1. The number of imidazole rings is 1. The van der Waals surface area contributed by atoms with Crippen LogP contribution in [0.1, 0.15) is 10.5 Å². The lowest BCUT2D eigenvalue weighted by molar-refractivity contribution is 0.0691. The minimum Gasteiger partial charge on any atom is -0.476 e. The molecule has 0 aliphatic carbocycles. The largest absolute Gasteiger partial charge is 0.476 e. The van der Waals surface area contributed by atoms with Gasteiger partial charge in [0.05, 0.1) is 0 Å². The van der Waals surface area contributed by atoms with Gasteiger partial charge in [0.2, 0.25) is 0 Å². The molecule has 0 aliphatic heterocycles. The zero-order chi connectivity index (χ0) is 10.8. The van der Waals surface area contributed by atoms with Crippen LogP contribution in [0.4, 0.5) is 0 Å². The van der Waals surface area contributed by atoms with Gasteiger partial charge in [-0.15, -0.1) is 0 Å². The highest BCUT2D eigenvalue weighted by Gasteiger charge is 2.08. The van der Waals surface area contributed by atoms with E-state index in [1.807, 2.05) is 0 Å². The number of carbonyl (C=O) groups is 1. The number of rotatable bonds is 2. The lowest BCUT2D eigenvalue weighted by atomic mass is 10.5. The molecule has 0 aliphatic rings. The molecule has 2 rings (SSSR count). The van der Waals surface area contributed by atoms with Crippen LogP contribution in [0.2, 0.25) is 5.15 Å². The normalized spacial score (nSPS) is 10.2. The molecule has 0 atom stereocenters. The molecule has 15 heavy (non-hydrogen) atoms. The van der Waals surface area contributed by atoms with Crippen LogP contribution < -0.4 is 0 Å². The van der Waals surface area contributed by atoms with Crippen molar-refractivity contribution in [1.29, 1.82) is 0 Å². The maximum atomic E-state index is 10.6. The van der Waals surface area contributed by atoms with E-state index in [4.69, 9.17) is 16.7 Å². The second-order valence-electron chi connectivity index (χ2n) is 2.67. The summed E-state index contributed by atoms with van der Waals surface area (Å²) in [7, 11) is 0. The Morgan fingerprint density at radius 2 is 2.20 bits per heavy atom. The van der Waals surface area contributed by atoms with Crippen LogP contribution in [0.3, 0.4) is 0 Å². The molecule has 0 saturated carbocycles. The van der Waals surface area contributed by atoms with Gasteiger partial charge in [0.1, 0.15) is 23.6 Å². The van der Waals surface area contributed by atoms with Crippen LogP contribution in [-0.4, -0.2) is 30.6 Å². The zero-order valence-electron chi connectivity index (χ0n) is 7.33. The molecule has 76 valence electrons. The lowest BCUT2D eigenvalue weighted by Gasteiger charge is -1.98. The summed E-state index contributed by atoms with van der Waals surface area (Å²) in [5.41, 5.74) is -0.0512. The van der Waals surface area contributed by atoms with Crippen molar-refractivity contribution in [3.05, 3.63) is 35.8 Å². The highest BCUT2D eigenvalue weighted by atomic mass is 35.5. The predicted octanol–water partition coefficient (Wildman–Crippen LogP) is 1.01. The number of nitrogens with zero attached hydrogens (tertiary/aromatic N) is 4. The van der Waals surface area contributed by atoms with E-state index < -0.39 is 5.97 Å². The molecule has 7 heteroatoms. The molecule has 1 N–H and O–H groups in total. The summed E-state index contributed by atoms with van der Waals surface area (Å²) in [4.78, 5) is 21.9. The van der Waals surface area contributed by atoms with Gasteiger partial charge < -0.3 is 5.11 Å². The Bertz CT molecular complexity index is 511. The Balaban J connectivity index is 2.41. The summed E-state index contributed by atoms with van der Waals surface area (Å²) < 4.78 is 1.46. The quantitative estimate of drug-likeness (QED) is 0.770. The third-order valence-corrected chi connectivity index (χ3v) is 1.89. The smallest absolute Gasteiger partial charge is 0.356 e. The molecule has 0 fully saturated rings. The van der Waals surface area contributed by atoms with Gasteiger partial charge in [0.25, 0.3) is 0 Å². The molecular weight excluding hydrogens is 220 g/mol. The Kier molecular flexibility index (Phi) is 2.34. The van der Waals surface area contributed by atoms with Crippen LogP contribution in [0.5, 0.6) is 0 Å². The van der Waals surface area contributed by atoms with Crippen molar-refractivity contribution < 1.29 is 9.90 Å². The third kappa shape index (κ3) is 1.94. The van der Waals surface area contributed by atoms with Crippen molar-refractivity contribution >= 4 is 17.6 Å². The Labute approximate surface area is 89.2 Å². The molecule has 2 aromatic heterocycles. The first kappa shape index (κ1) is 9.60. The van der Waals surface area contributed by atoms with E-state index in [2.05, 4.69) is 15.0 Å². The number of aromatic carboxylic acids is 1. The van der Waals surface area contributed by atoms with Gasteiger partial charge in [0, 0.05) is 12.3 Å². The number of aromatic nitrogens is 4. The molecule has 0 aromatic carbocycles. The molecule has 0 amide bonds. The summed E-state index contributed by atoms with van der Waals surface area (Å²) in [5, 5.41) is 8.95. The Morgan fingerprint density at radius 3 is 2.80 bits per heavy atom. The first-order valence-electron chi connectivity index (χ1n) is 3.92. The summed E-state index contributed by atoms with van der Waals surface area (Å²) in [6.07, 6.45) is 3.99. The van der Waals surface area contributed by atoms with Crippen molar-refractivity contribution in [3.8, 4) is 5.82 Å². The van der Waals surface area contributed by atoms with Gasteiger partial charge in [0.15, 0.2) is 5.69 Å². The summed E-state index contributed by atoms with van der Waals surface area (Å²) in [6.45, 7) is 0. The molecule has 0 unspecified atom stereocenters. The van der Waals surface area contributed by atoms with Crippen LogP contribution >= 0.6 is 11.6 Å². The van der Waals surface area contributed by atoms with Crippen molar-refractivity contribution in [3.63, 3.8) is 0 Å². The van der Waals surface area contributed by atoms with Crippen LogP contribution in [-0.2, 0) is 0 Å². The molecule has 0 radical (unpaired) electrons. The van der Waals surface area contributed by atoms with E-state index in [-0.39, 0.29) is 10.8 Å². The fraction of sp³-hybridized carbons (Fsp3) is 0. The highest BCUT2D eigenvalue weighted by Crippen LogP contribution is 2.09. The highest BCUT2D eigenvalue weighted by molar-refractivity contribution is 6.29. The van der Waals surface area contributed by atoms with Crippen LogP contribution in [0.15, 0.2) is 24.9 Å². The summed E-state index contributed by atoms with van der Waals surface area (Å²) in [5.74, 6) is -0.621. The topological polar surface area (TPSA) is 80.9 Å². The first-order chi connectivity index (χ1) is 7.16. The molecule has 6 nitrogen and oxygen atoms in total. The van der Waals surface area contributed by atoms with Gasteiger partial charge >= 0.3 is 5.97 Å². The minimum absolute atomic E-state index is 0.0512. The summed E-state index contributed by atoms with van der Waals surface area (Å²) >= 11 is 5.66.